The number of hydrogen-bond donors (Lipinski definition) is 0. The van der Waals surface area contributed by atoms with Crippen molar-refractivity contribution in [2.45, 2.75) is 58.9 Å². The molecular weight excluding hydrogens is 416 g/mol. The van der Waals surface area contributed by atoms with Crippen molar-refractivity contribution in [1.82, 2.24) is 9.13 Å². The molecule has 0 saturated heterocycles. The summed E-state index contributed by atoms with van der Waals surface area (Å²) >= 11 is 1.36. The highest BCUT2D eigenvalue weighted by Gasteiger charge is 2.32. The maximum Gasteiger partial charge on any atom is 0.332 e. The molecule has 0 bridgehead atoms. The van der Waals surface area contributed by atoms with Crippen LogP contribution in [0.25, 0.3) is 10.2 Å². The van der Waals surface area contributed by atoms with E-state index in [-0.39, 0.29) is 25.3 Å². The second kappa shape index (κ2) is 8.43. The van der Waals surface area contributed by atoms with Crippen LogP contribution in [0.2, 0.25) is 0 Å². The van der Waals surface area contributed by atoms with E-state index in [9.17, 15) is 14.4 Å². The normalized spacial score (nSPS) is 15.1. The molecule has 0 radical (unpaired) electrons. The monoisotopic (exact) mass is 442 g/mol. The van der Waals surface area contributed by atoms with Gasteiger partial charge in [-0.05, 0) is 38.3 Å². The average Bonchev–Trinajstić information content (AvgIpc) is 3.09. The summed E-state index contributed by atoms with van der Waals surface area (Å²) in [6.45, 7) is 6.33. The minimum Gasteiger partial charge on any atom is -0.465 e. The Morgan fingerprint density at radius 3 is 2.65 bits per heavy atom. The van der Waals surface area contributed by atoms with Crippen molar-refractivity contribution in [3.63, 3.8) is 0 Å². The lowest BCUT2D eigenvalue weighted by Gasteiger charge is -2.29. The van der Waals surface area contributed by atoms with E-state index in [0.717, 1.165) is 16.0 Å². The standard InChI is InChI=1S/C23H26N2O5S/c1-4-29-18(26)13-25-21-19(16-12-23(2,3)30-14-17(16)31-21)20(27)24(22(25)28)11-10-15-8-6-5-7-9-15/h5-9H,4,10-14H2,1-3H3. The third-order valence-electron chi connectivity index (χ3n) is 5.49. The summed E-state index contributed by atoms with van der Waals surface area (Å²) in [5, 5.41) is 0.522. The predicted molar refractivity (Wildman–Crippen MR) is 120 cm³/mol. The number of nitrogens with zero attached hydrogens (tertiary/aromatic N) is 2. The van der Waals surface area contributed by atoms with E-state index in [2.05, 4.69) is 0 Å². The van der Waals surface area contributed by atoms with E-state index in [1.54, 1.807) is 6.92 Å². The molecule has 0 amide bonds. The fourth-order valence-electron chi connectivity index (χ4n) is 3.96. The molecule has 0 unspecified atom stereocenters. The number of rotatable bonds is 6. The number of benzene rings is 1. The van der Waals surface area contributed by atoms with Crippen LogP contribution >= 0.6 is 11.3 Å². The number of aromatic nitrogens is 2. The van der Waals surface area contributed by atoms with Crippen molar-refractivity contribution >= 4 is 27.5 Å². The van der Waals surface area contributed by atoms with Crippen molar-refractivity contribution in [2.24, 2.45) is 0 Å². The molecule has 3 aromatic rings. The van der Waals surface area contributed by atoms with Crippen molar-refractivity contribution in [3.8, 4) is 0 Å². The first-order valence-electron chi connectivity index (χ1n) is 10.4. The van der Waals surface area contributed by atoms with Gasteiger partial charge in [-0.3, -0.25) is 18.7 Å². The average molecular weight is 443 g/mol. The molecule has 8 heteroatoms. The molecule has 0 saturated carbocycles. The number of ether oxygens (including phenoxy) is 2. The molecule has 3 heterocycles. The summed E-state index contributed by atoms with van der Waals surface area (Å²) in [4.78, 5) is 40.5. The summed E-state index contributed by atoms with van der Waals surface area (Å²) in [5.41, 5.74) is 0.774. The summed E-state index contributed by atoms with van der Waals surface area (Å²) in [5.74, 6) is -0.498. The smallest absolute Gasteiger partial charge is 0.332 e. The van der Waals surface area contributed by atoms with Crippen LogP contribution in [0.3, 0.4) is 0 Å². The van der Waals surface area contributed by atoms with Gasteiger partial charge >= 0.3 is 11.7 Å². The Kier molecular flexibility index (Phi) is 5.85. The largest absolute Gasteiger partial charge is 0.465 e. The number of aryl methyl sites for hydroxylation is 1. The Balaban J connectivity index is 1.87. The van der Waals surface area contributed by atoms with E-state index in [1.807, 2.05) is 44.2 Å². The lowest BCUT2D eigenvalue weighted by molar-refractivity contribution is -0.143. The van der Waals surface area contributed by atoms with Gasteiger partial charge in [0.2, 0.25) is 0 Å². The molecule has 4 rings (SSSR count). The first kappa shape index (κ1) is 21.5. The highest BCUT2D eigenvalue weighted by Crippen LogP contribution is 2.37. The molecule has 0 atom stereocenters. The molecule has 0 spiro atoms. The van der Waals surface area contributed by atoms with Gasteiger partial charge in [-0.2, -0.15) is 0 Å². The molecule has 1 aliphatic heterocycles. The van der Waals surface area contributed by atoms with Gasteiger partial charge in [-0.15, -0.1) is 11.3 Å². The van der Waals surface area contributed by atoms with E-state index >= 15 is 0 Å². The highest BCUT2D eigenvalue weighted by molar-refractivity contribution is 7.18. The molecule has 7 nitrogen and oxygen atoms in total. The van der Waals surface area contributed by atoms with Gasteiger partial charge in [0.05, 0.1) is 24.2 Å². The Hall–Kier alpha value is -2.71. The van der Waals surface area contributed by atoms with Gasteiger partial charge in [0.1, 0.15) is 11.4 Å². The van der Waals surface area contributed by atoms with Crippen LogP contribution in [0.4, 0.5) is 0 Å². The number of fused-ring (bicyclic) bond motifs is 3. The maximum absolute atomic E-state index is 13.5. The summed E-state index contributed by atoms with van der Waals surface area (Å²) < 4.78 is 13.6. The van der Waals surface area contributed by atoms with Crippen molar-refractivity contribution in [2.75, 3.05) is 6.61 Å². The van der Waals surface area contributed by atoms with Crippen LogP contribution in [0.1, 0.15) is 36.8 Å². The lowest BCUT2D eigenvalue weighted by atomic mass is 9.94. The van der Waals surface area contributed by atoms with E-state index in [1.165, 1.54) is 20.5 Å². The maximum atomic E-state index is 13.5. The van der Waals surface area contributed by atoms with Gasteiger partial charge in [0.25, 0.3) is 5.56 Å². The fourth-order valence-corrected chi connectivity index (χ4v) is 5.18. The van der Waals surface area contributed by atoms with Gasteiger partial charge in [-0.1, -0.05) is 30.3 Å². The Morgan fingerprint density at radius 2 is 1.94 bits per heavy atom. The number of thiophene rings is 1. The number of esters is 1. The Morgan fingerprint density at radius 1 is 1.19 bits per heavy atom. The first-order valence-corrected chi connectivity index (χ1v) is 11.2. The zero-order valence-corrected chi connectivity index (χ0v) is 18.8. The number of hydrogen-bond acceptors (Lipinski definition) is 6. The van der Waals surface area contributed by atoms with Gasteiger partial charge < -0.3 is 9.47 Å². The molecule has 2 aromatic heterocycles. The summed E-state index contributed by atoms with van der Waals surface area (Å²) in [6.07, 6.45) is 1.12. The first-order chi connectivity index (χ1) is 14.8. The highest BCUT2D eigenvalue weighted by atomic mass is 32.1. The number of carbonyl (C=O) groups is 1. The quantitative estimate of drug-likeness (QED) is 0.549. The van der Waals surface area contributed by atoms with Crippen LogP contribution in [-0.2, 0) is 46.8 Å². The SMILES string of the molecule is CCOC(=O)Cn1c(=O)n(CCc2ccccc2)c(=O)c2c3c(sc21)COC(C)(C)C3. The third-order valence-corrected chi connectivity index (χ3v) is 6.72. The van der Waals surface area contributed by atoms with Crippen LogP contribution in [-0.4, -0.2) is 27.3 Å². The summed E-state index contributed by atoms with van der Waals surface area (Å²) in [6, 6.07) is 9.71. The van der Waals surface area contributed by atoms with Crippen molar-refractivity contribution < 1.29 is 14.3 Å². The van der Waals surface area contributed by atoms with Crippen molar-refractivity contribution in [3.05, 3.63) is 67.2 Å². The van der Waals surface area contributed by atoms with E-state index in [0.29, 0.717) is 29.7 Å². The lowest BCUT2D eigenvalue weighted by Crippen LogP contribution is -2.42. The number of carbonyl (C=O) groups excluding carboxylic acids is 1. The molecule has 0 N–H and O–H groups in total. The van der Waals surface area contributed by atoms with Gasteiger partial charge in [0.15, 0.2) is 0 Å². The summed E-state index contributed by atoms with van der Waals surface area (Å²) in [7, 11) is 0. The predicted octanol–water partition coefficient (Wildman–Crippen LogP) is 2.88. The molecule has 1 aromatic carbocycles. The zero-order valence-electron chi connectivity index (χ0n) is 18.0. The van der Waals surface area contributed by atoms with Crippen LogP contribution < -0.4 is 11.2 Å². The van der Waals surface area contributed by atoms with E-state index in [4.69, 9.17) is 9.47 Å². The minimum atomic E-state index is -0.498. The van der Waals surface area contributed by atoms with Gasteiger partial charge in [-0.25, -0.2) is 4.79 Å². The fraction of sp³-hybridized carbons (Fsp3) is 0.435. The molecule has 0 fully saturated rings. The Labute approximate surface area is 183 Å². The molecular formula is C23H26N2O5S. The zero-order chi connectivity index (χ0) is 22.2. The Bertz CT molecular complexity index is 1240. The molecule has 1 aliphatic rings. The van der Waals surface area contributed by atoms with Crippen LogP contribution in [0.15, 0.2) is 39.9 Å². The topological polar surface area (TPSA) is 79.5 Å². The van der Waals surface area contributed by atoms with Crippen LogP contribution in [0.5, 0.6) is 0 Å². The molecule has 164 valence electrons. The molecule has 0 aliphatic carbocycles. The minimum absolute atomic E-state index is 0.224. The van der Waals surface area contributed by atoms with Gasteiger partial charge in [0, 0.05) is 17.8 Å². The second-order valence-corrected chi connectivity index (χ2v) is 9.36. The van der Waals surface area contributed by atoms with Crippen molar-refractivity contribution in [1.29, 1.82) is 0 Å². The molecule has 31 heavy (non-hydrogen) atoms. The third kappa shape index (κ3) is 4.22. The van der Waals surface area contributed by atoms with Crippen LogP contribution in [0, 0.1) is 0 Å². The second-order valence-electron chi connectivity index (χ2n) is 8.28. The van der Waals surface area contributed by atoms with E-state index < -0.39 is 17.3 Å².